The van der Waals surface area contributed by atoms with E-state index in [9.17, 15) is 24.2 Å². The number of aromatic amines is 1. The number of rotatable bonds is 7. The maximum atomic E-state index is 13.5. The van der Waals surface area contributed by atoms with Gasteiger partial charge in [0, 0.05) is 29.2 Å². The van der Waals surface area contributed by atoms with Crippen LogP contribution >= 0.6 is 0 Å². The normalized spacial score (nSPS) is 16.8. The first-order valence-electron chi connectivity index (χ1n) is 11.9. The van der Waals surface area contributed by atoms with Crippen molar-refractivity contribution in [2.45, 2.75) is 12.5 Å². The van der Waals surface area contributed by atoms with Crippen molar-refractivity contribution in [3.05, 3.63) is 94.9 Å². The van der Waals surface area contributed by atoms with Crippen LogP contribution in [0.4, 0.5) is 4.39 Å². The Hall–Kier alpha value is -4.79. The quantitative estimate of drug-likeness (QED) is 0.187. The van der Waals surface area contributed by atoms with E-state index in [4.69, 9.17) is 9.47 Å². The molecule has 0 bridgehead atoms. The molecule has 1 unspecified atom stereocenters. The minimum Gasteiger partial charge on any atom is -0.507 e. The number of ketones is 1. The highest BCUT2D eigenvalue weighted by molar-refractivity contribution is 6.46. The molecule has 0 aliphatic carbocycles. The fraction of sp³-hybridized carbons (Fsp3) is 0.172. The Labute approximate surface area is 217 Å². The predicted octanol–water partition coefficient (Wildman–Crippen LogP) is 4.69. The number of hydrogen-bond donors (Lipinski definition) is 3. The molecule has 3 N–H and O–H groups in total. The summed E-state index contributed by atoms with van der Waals surface area (Å²) in [5.41, 5.74) is 2.35. The first kappa shape index (κ1) is 24.9. The van der Waals surface area contributed by atoms with Gasteiger partial charge in [0.05, 0.1) is 25.8 Å². The van der Waals surface area contributed by atoms with Crippen LogP contribution in [0.1, 0.15) is 22.7 Å². The van der Waals surface area contributed by atoms with E-state index in [1.54, 1.807) is 13.2 Å². The SMILES string of the molecule is COc1ccc2[nH]cc(CCN3C(=O)C(=O)/C(=C(\O)c4ccc(F)cc4)C3c3ccc(O)c(OC)c3)c2c1. The molecule has 0 radical (unpaired) electrons. The predicted molar refractivity (Wildman–Crippen MR) is 139 cm³/mol. The summed E-state index contributed by atoms with van der Waals surface area (Å²) in [5, 5.41) is 22.2. The number of nitrogens with one attached hydrogen (secondary N) is 1. The van der Waals surface area contributed by atoms with E-state index in [2.05, 4.69) is 4.98 Å². The number of carbonyl (C=O) groups is 2. The third kappa shape index (κ3) is 4.32. The number of nitrogens with zero attached hydrogens (tertiary/aromatic N) is 1. The number of phenols is 1. The zero-order chi connectivity index (χ0) is 27.0. The second kappa shape index (κ2) is 9.93. The zero-order valence-electron chi connectivity index (χ0n) is 20.7. The van der Waals surface area contributed by atoms with E-state index < -0.39 is 29.3 Å². The summed E-state index contributed by atoms with van der Waals surface area (Å²) in [6.45, 7) is 0.156. The largest absolute Gasteiger partial charge is 0.507 e. The lowest BCUT2D eigenvalue weighted by molar-refractivity contribution is -0.139. The lowest BCUT2D eigenvalue weighted by Gasteiger charge is -2.25. The molecule has 5 rings (SSSR count). The summed E-state index contributed by atoms with van der Waals surface area (Å²) >= 11 is 0. The van der Waals surface area contributed by atoms with Gasteiger partial charge >= 0.3 is 0 Å². The number of aromatic nitrogens is 1. The molecule has 2 heterocycles. The number of fused-ring (bicyclic) bond motifs is 1. The second-order valence-electron chi connectivity index (χ2n) is 8.91. The number of ether oxygens (including phenoxy) is 2. The standard InChI is InChI=1S/C29H25FN2O6/c1-37-20-8-9-22-21(14-20)18(15-31-22)11-12-32-26(17-5-10-23(33)24(13-17)38-2)25(28(35)29(32)36)27(34)16-3-6-19(30)7-4-16/h3-10,13-15,26,31,33-34H,11-12H2,1-2H3/b27-25-. The van der Waals surface area contributed by atoms with E-state index in [1.807, 2.05) is 24.4 Å². The first-order chi connectivity index (χ1) is 18.3. The van der Waals surface area contributed by atoms with Gasteiger partial charge in [-0.3, -0.25) is 9.59 Å². The van der Waals surface area contributed by atoms with Crippen molar-refractivity contribution in [2.24, 2.45) is 0 Å². The highest BCUT2D eigenvalue weighted by atomic mass is 19.1. The smallest absolute Gasteiger partial charge is 0.295 e. The molecular weight excluding hydrogens is 491 g/mol. The van der Waals surface area contributed by atoms with Gasteiger partial charge < -0.3 is 29.6 Å². The average Bonchev–Trinajstić information content (AvgIpc) is 3.45. The Morgan fingerprint density at radius 1 is 1.03 bits per heavy atom. The summed E-state index contributed by atoms with van der Waals surface area (Å²) in [4.78, 5) is 31.2. The highest BCUT2D eigenvalue weighted by Crippen LogP contribution is 2.42. The summed E-state index contributed by atoms with van der Waals surface area (Å²) in [7, 11) is 2.97. The van der Waals surface area contributed by atoms with Crippen LogP contribution < -0.4 is 9.47 Å². The number of aromatic hydroxyl groups is 1. The Morgan fingerprint density at radius 2 is 1.79 bits per heavy atom. The van der Waals surface area contributed by atoms with Gasteiger partial charge in [0.25, 0.3) is 11.7 Å². The van der Waals surface area contributed by atoms with Crippen LogP contribution in [-0.2, 0) is 16.0 Å². The Morgan fingerprint density at radius 3 is 2.50 bits per heavy atom. The molecule has 1 fully saturated rings. The van der Waals surface area contributed by atoms with Gasteiger partial charge in [-0.2, -0.15) is 0 Å². The van der Waals surface area contributed by atoms with Gasteiger partial charge in [-0.05, 0) is 72.1 Å². The lowest BCUT2D eigenvalue weighted by Crippen LogP contribution is -2.31. The number of phenolic OH excluding ortho intramolecular Hbond substituents is 1. The van der Waals surface area contributed by atoms with Crippen molar-refractivity contribution < 1.29 is 33.7 Å². The Bertz CT molecular complexity index is 1570. The lowest BCUT2D eigenvalue weighted by atomic mass is 9.95. The minimum atomic E-state index is -0.964. The molecule has 38 heavy (non-hydrogen) atoms. The maximum absolute atomic E-state index is 13.5. The number of benzene rings is 3. The van der Waals surface area contributed by atoms with Crippen molar-refractivity contribution in [3.8, 4) is 17.2 Å². The van der Waals surface area contributed by atoms with Gasteiger partial charge in [0.1, 0.15) is 17.3 Å². The van der Waals surface area contributed by atoms with Gasteiger partial charge in [-0.1, -0.05) is 6.07 Å². The molecule has 194 valence electrons. The molecule has 1 atom stereocenters. The molecule has 8 nitrogen and oxygen atoms in total. The van der Waals surface area contributed by atoms with Gasteiger partial charge in [0.15, 0.2) is 11.5 Å². The van der Waals surface area contributed by atoms with Crippen molar-refractivity contribution in [3.63, 3.8) is 0 Å². The van der Waals surface area contributed by atoms with Crippen molar-refractivity contribution in [1.82, 2.24) is 9.88 Å². The molecule has 0 spiro atoms. The summed E-state index contributed by atoms with van der Waals surface area (Å²) in [6.07, 6.45) is 2.25. The summed E-state index contributed by atoms with van der Waals surface area (Å²) in [5.74, 6) is -1.82. The van der Waals surface area contributed by atoms with Crippen LogP contribution in [0, 0.1) is 5.82 Å². The molecule has 3 aromatic carbocycles. The van der Waals surface area contributed by atoms with Gasteiger partial charge in [-0.15, -0.1) is 0 Å². The number of methoxy groups -OCH3 is 2. The van der Waals surface area contributed by atoms with Crippen molar-refractivity contribution >= 4 is 28.4 Å². The Kier molecular flexibility index (Phi) is 6.50. The monoisotopic (exact) mass is 516 g/mol. The van der Waals surface area contributed by atoms with Crippen molar-refractivity contribution in [2.75, 3.05) is 20.8 Å². The fourth-order valence-electron chi connectivity index (χ4n) is 4.82. The number of likely N-dealkylation sites (tertiary alicyclic amines) is 1. The van der Waals surface area contributed by atoms with E-state index in [-0.39, 0.29) is 29.2 Å². The number of H-pyrrole nitrogens is 1. The van der Waals surface area contributed by atoms with Gasteiger partial charge in [-0.25, -0.2) is 4.39 Å². The molecular formula is C29H25FN2O6. The van der Waals surface area contributed by atoms with E-state index in [0.29, 0.717) is 17.7 Å². The second-order valence-corrected chi connectivity index (χ2v) is 8.91. The number of hydrogen-bond acceptors (Lipinski definition) is 6. The first-order valence-corrected chi connectivity index (χ1v) is 11.9. The summed E-state index contributed by atoms with van der Waals surface area (Å²) in [6, 6.07) is 14.2. The van der Waals surface area contributed by atoms with Crippen LogP contribution in [0.3, 0.4) is 0 Å². The van der Waals surface area contributed by atoms with Crippen LogP contribution in [0.5, 0.6) is 17.2 Å². The molecule has 1 aliphatic heterocycles. The van der Waals surface area contributed by atoms with E-state index in [0.717, 1.165) is 28.6 Å². The average molecular weight is 517 g/mol. The number of carbonyl (C=O) groups excluding carboxylic acids is 2. The fourth-order valence-corrected chi connectivity index (χ4v) is 4.82. The highest BCUT2D eigenvalue weighted by Gasteiger charge is 2.46. The molecule has 0 saturated carbocycles. The minimum absolute atomic E-state index is 0.112. The zero-order valence-corrected chi connectivity index (χ0v) is 20.7. The van der Waals surface area contributed by atoms with Gasteiger partial charge in [0.2, 0.25) is 0 Å². The topological polar surface area (TPSA) is 112 Å². The summed E-state index contributed by atoms with van der Waals surface area (Å²) < 4.78 is 24.1. The third-order valence-electron chi connectivity index (χ3n) is 6.77. The van der Waals surface area contributed by atoms with E-state index >= 15 is 0 Å². The molecule has 1 amide bonds. The molecule has 1 aromatic heterocycles. The van der Waals surface area contributed by atoms with Crippen molar-refractivity contribution in [1.29, 1.82) is 0 Å². The van der Waals surface area contributed by atoms with Crippen LogP contribution in [0.2, 0.25) is 0 Å². The number of halogens is 1. The molecule has 1 aliphatic rings. The molecule has 1 saturated heterocycles. The molecule has 4 aromatic rings. The molecule has 9 heteroatoms. The maximum Gasteiger partial charge on any atom is 0.295 e. The van der Waals surface area contributed by atoms with E-state index in [1.165, 1.54) is 36.3 Å². The number of aliphatic hydroxyl groups is 1. The number of amides is 1. The Balaban J connectivity index is 1.58. The van der Waals surface area contributed by atoms with Crippen LogP contribution in [0.15, 0.2) is 72.4 Å². The third-order valence-corrected chi connectivity index (χ3v) is 6.77. The van der Waals surface area contributed by atoms with Crippen LogP contribution in [0.25, 0.3) is 16.7 Å². The number of Topliss-reactive ketones (excluding diaryl/α,β-unsaturated/α-hetero) is 1. The number of aliphatic hydroxyl groups excluding tert-OH is 1. The van der Waals surface area contributed by atoms with Crippen LogP contribution in [-0.4, -0.2) is 52.6 Å².